The van der Waals surface area contributed by atoms with Crippen molar-refractivity contribution >= 4 is 27.5 Å². The Labute approximate surface area is 146 Å². The molecule has 0 aliphatic carbocycles. The normalized spacial score (nSPS) is 10.7. The molecule has 0 unspecified atom stereocenters. The zero-order chi connectivity index (χ0) is 17.2. The largest absolute Gasteiger partial charge is 0.423 e. The van der Waals surface area contributed by atoms with Crippen molar-refractivity contribution in [1.82, 2.24) is 0 Å². The molecule has 4 aromatic carbocycles. The highest BCUT2D eigenvalue weighted by Crippen LogP contribution is 2.33. The maximum absolute atomic E-state index is 11.4. The molecule has 0 heterocycles. The Morgan fingerprint density at radius 3 is 2.32 bits per heavy atom. The second-order valence-corrected chi connectivity index (χ2v) is 5.88. The van der Waals surface area contributed by atoms with E-state index < -0.39 is 5.97 Å². The van der Waals surface area contributed by atoms with E-state index in [1.54, 1.807) is 6.07 Å². The van der Waals surface area contributed by atoms with Crippen LogP contribution in [0.2, 0.25) is 0 Å². The molecule has 2 heteroatoms. The molecule has 0 saturated carbocycles. The van der Waals surface area contributed by atoms with Crippen LogP contribution < -0.4 is 4.74 Å². The summed E-state index contributed by atoms with van der Waals surface area (Å²) in [6.45, 7) is 3.43. The molecule has 0 N–H and O–H groups in total. The molecule has 2 nitrogen and oxygen atoms in total. The Hall–Kier alpha value is -3.39. The van der Waals surface area contributed by atoms with Crippen LogP contribution in [0.5, 0.6) is 5.75 Å². The van der Waals surface area contributed by atoms with Crippen LogP contribution in [0.3, 0.4) is 0 Å². The van der Waals surface area contributed by atoms with Gasteiger partial charge in [0.25, 0.3) is 0 Å². The topological polar surface area (TPSA) is 26.3 Å². The smallest absolute Gasteiger partial charge is 0.335 e. The van der Waals surface area contributed by atoms with Crippen LogP contribution in [0.1, 0.15) is 0 Å². The number of ether oxygens (including phenoxy) is 1. The molecule has 0 aliphatic heterocycles. The number of carbonyl (C=O) groups is 1. The lowest BCUT2D eigenvalue weighted by atomic mass is 9.95. The zero-order valence-corrected chi connectivity index (χ0v) is 13.6. The van der Waals surface area contributed by atoms with Crippen molar-refractivity contribution in [2.45, 2.75) is 0 Å². The SMILES string of the molecule is C=CC(=O)Oc1cccc(-c2cccc3cc4ccccc4cc23)c1. The average molecular weight is 324 g/mol. The molecule has 0 bridgehead atoms. The zero-order valence-electron chi connectivity index (χ0n) is 13.6. The van der Waals surface area contributed by atoms with Gasteiger partial charge in [-0.05, 0) is 56.9 Å². The van der Waals surface area contributed by atoms with Gasteiger partial charge in [-0.1, -0.05) is 61.2 Å². The van der Waals surface area contributed by atoms with E-state index in [9.17, 15) is 4.79 Å². The van der Waals surface area contributed by atoms with E-state index in [0.29, 0.717) is 5.75 Å². The van der Waals surface area contributed by atoms with E-state index in [4.69, 9.17) is 4.74 Å². The molecule has 0 fully saturated rings. The third-order valence-electron chi connectivity index (χ3n) is 4.28. The molecule has 0 atom stereocenters. The van der Waals surface area contributed by atoms with Crippen molar-refractivity contribution in [3.05, 3.63) is 91.5 Å². The first kappa shape index (κ1) is 15.2. The highest BCUT2D eigenvalue weighted by Gasteiger charge is 2.07. The first-order chi connectivity index (χ1) is 12.2. The van der Waals surface area contributed by atoms with E-state index >= 15 is 0 Å². The van der Waals surface area contributed by atoms with Crippen LogP contribution in [-0.4, -0.2) is 5.97 Å². The summed E-state index contributed by atoms with van der Waals surface area (Å²) < 4.78 is 5.25. The number of hydrogen-bond donors (Lipinski definition) is 0. The van der Waals surface area contributed by atoms with Gasteiger partial charge >= 0.3 is 5.97 Å². The number of fused-ring (bicyclic) bond motifs is 2. The van der Waals surface area contributed by atoms with E-state index in [2.05, 4.69) is 55.1 Å². The Bertz CT molecular complexity index is 1110. The molecule has 4 rings (SSSR count). The number of hydrogen-bond acceptors (Lipinski definition) is 2. The van der Waals surface area contributed by atoms with Gasteiger partial charge < -0.3 is 4.74 Å². The third kappa shape index (κ3) is 2.90. The molecule has 0 radical (unpaired) electrons. The number of rotatable bonds is 3. The molecule has 0 aromatic heterocycles. The number of carbonyl (C=O) groups excluding carboxylic acids is 1. The maximum atomic E-state index is 11.4. The molecular weight excluding hydrogens is 308 g/mol. The van der Waals surface area contributed by atoms with Gasteiger partial charge in [-0.2, -0.15) is 0 Å². The van der Waals surface area contributed by atoms with Gasteiger partial charge in [0, 0.05) is 6.08 Å². The van der Waals surface area contributed by atoms with Gasteiger partial charge in [-0.3, -0.25) is 0 Å². The fraction of sp³-hybridized carbons (Fsp3) is 0. The van der Waals surface area contributed by atoms with Crippen LogP contribution in [0.15, 0.2) is 91.5 Å². The summed E-state index contributed by atoms with van der Waals surface area (Å²) in [6, 6.07) is 26.6. The standard InChI is InChI=1S/C23H16O2/c1-2-23(24)25-20-11-5-9-19(14-20)21-12-6-10-18-13-16-7-3-4-8-17(16)15-22(18)21/h2-15H,1H2. The van der Waals surface area contributed by atoms with Crippen LogP contribution in [0, 0.1) is 0 Å². The monoisotopic (exact) mass is 324 g/mol. The van der Waals surface area contributed by atoms with Crippen molar-refractivity contribution in [2.75, 3.05) is 0 Å². The minimum Gasteiger partial charge on any atom is -0.423 e. The lowest BCUT2D eigenvalue weighted by Gasteiger charge is -2.10. The summed E-state index contributed by atoms with van der Waals surface area (Å²) in [5.74, 6) is 0.0567. The summed E-state index contributed by atoms with van der Waals surface area (Å²) in [4.78, 5) is 11.4. The summed E-state index contributed by atoms with van der Waals surface area (Å²) in [5.41, 5.74) is 2.12. The minimum absolute atomic E-state index is 0.457. The molecule has 0 amide bonds. The van der Waals surface area contributed by atoms with Gasteiger partial charge in [-0.15, -0.1) is 0 Å². The van der Waals surface area contributed by atoms with Crippen molar-refractivity contribution in [3.8, 4) is 16.9 Å². The summed E-state index contributed by atoms with van der Waals surface area (Å²) in [5, 5.41) is 4.79. The Morgan fingerprint density at radius 2 is 1.52 bits per heavy atom. The average Bonchev–Trinajstić information content (AvgIpc) is 2.66. The van der Waals surface area contributed by atoms with E-state index in [0.717, 1.165) is 17.2 Å². The highest BCUT2D eigenvalue weighted by molar-refractivity contribution is 6.05. The lowest BCUT2D eigenvalue weighted by Crippen LogP contribution is -2.02. The molecule has 25 heavy (non-hydrogen) atoms. The molecule has 0 spiro atoms. The van der Waals surface area contributed by atoms with Crippen LogP contribution in [0.4, 0.5) is 0 Å². The van der Waals surface area contributed by atoms with Gasteiger partial charge in [0.2, 0.25) is 0 Å². The molecular formula is C23H16O2. The van der Waals surface area contributed by atoms with Crippen molar-refractivity contribution < 1.29 is 9.53 Å². The number of benzene rings is 4. The quantitative estimate of drug-likeness (QED) is 0.207. The highest BCUT2D eigenvalue weighted by atomic mass is 16.5. The first-order valence-corrected chi connectivity index (χ1v) is 8.11. The summed E-state index contributed by atoms with van der Waals surface area (Å²) in [7, 11) is 0. The molecule has 120 valence electrons. The lowest BCUT2D eigenvalue weighted by molar-refractivity contribution is -0.128. The fourth-order valence-electron chi connectivity index (χ4n) is 3.10. The van der Waals surface area contributed by atoms with Crippen LogP contribution >= 0.6 is 0 Å². The molecule has 4 aromatic rings. The van der Waals surface area contributed by atoms with Gasteiger partial charge in [0.1, 0.15) is 5.75 Å². The van der Waals surface area contributed by atoms with E-state index in [1.165, 1.54) is 21.5 Å². The Balaban J connectivity index is 1.89. The number of esters is 1. The fourth-order valence-corrected chi connectivity index (χ4v) is 3.10. The summed E-state index contributed by atoms with van der Waals surface area (Å²) >= 11 is 0. The van der Waals surface area contributed by atoms with Crippen molar-refractivity contribution in [2.24, 2.45) is 0 Å². The second kappa shape index (κ2) is 6.25. The van der Waals surface area contributed by atoms with Crippen LogP contribution in [0.25, 0.3) is 32.7 Å². The van der Waals surface area contributed by atoms with Crippen molar-refractivity contribution in [1.29, 1.82) is 0 Å². The van der Waals surface area contributed by atoms with Gasteiger partial charge in [0.05, 0.1) is 0 Å². The van der Waals surface area contributed by atoms with E-state index in [1.807, 2.05) is 24.3 Å². The third-order valence-corrected chi connectivity index (χ3v) is 4.28. The maximum Gasteiger partial charge on any atom is 0.335 e. The Morgan fingerprint density at radius 1 is 0.800 bits per heavy atom. The summed E-state index contributed by atoms with van der Waals surface area (Å²) in [6.07, 6.45) is 1.16. The van der Waals surface area contributed by atoms with Crippen LogP contribution in [-0.2, 0) is 4.79 Å². The first-order valence-electron chi connectivity index (χ1n) is 8.11. The molecule has 0 saturated heterocycles. The van der Waals surface area contributed by atoms with Gasteiger partial charge in [-0.25, -0.2) is 4.79 Å². The second-order valence-electron chi connectivity index (χ2n) is 5.88. The van der Waals surface area contributed by atoms with E-state index in [-0.39, 0.29) is 0 Å². The molecule has 0 aliphatic rings. The van der Waals surface area contributed by atoms with Crippen molar-refractivity contribution in [3.63, 3.8) is 0 Å². The Kier molecular flexibility index (Phi) is 3.79. The van der Waals surface area contributed by atoms with Gasteiger partial charge in [0.15, 0.2) is 0 Å². The predicted molar refractivity (Wildman–Crippen MR) is 103 cm³/mol. The minimum atomic E-state index is -0.457. The predicted octanol–water partition coefficient (Wildman–Crippen LogP) is 5.75.